The molecule has 0 fully saturated rings. The van der Waals surface area contributed by atoms with Crippen molar-refractivity contribution in [2.75, 3.05) is 11.9 Å². The topological polar surface area (TPSA) is 70.6 Å². The third-order valence-electron chi connectivity index (χ3n) is 4.45. The van der Waals surface area contributed by atoms with Gasteiger partial charge in [0.05, 0.1) is 6.54 Å². The molecule has 0 radical (unpaired) electrons. The van der Waals surface area contributed by atoms with Gasteiger partial charge in [-0.25, -0.2) is 4.99 Å². The average Bonchev–Trinajstić information content (AvgIpc) is 2.91. The van der Waals surface area contributed by atoms with Gasteiger partial charge in [0.1, 0.15) is 5.60 Å². The second-order valence-corrected chi connectivity index (χ2v) is 6.07. The van der Waals surface area contributed by atoms with Crippen LogP contribution in [0.4, 0.5) is 5.69 Å². The van der Waals surface area contributed by atoms with Crippen LogP contribution in [0, 0.1) is 0 Å². The van der Waals surface area contributed by atoms with Crippen LogP contribution in [0.5, 0.6) is 0 Å². The Morgan fingerprint density at radius 2 is 2.09 bits per heavy atom. The number of nitrogens with one attached hydrogen (secondary N) is 1. The molecule has 120 valence electrons. The Morgan fingerprint density at radius 1 is 1.26 bits per heavy atom. The Balaban J connectivity index is 1.70. The SMILES string of the molecule is CCc1cccc(NC(N)=NCC2(O)CCc3ccccc32)c1. The zero-order valence-corrected chi connectivity index (χ0v) is 13.4. The van der Waals surface area contributed by atoms with Gasteiger partial charge in [-0.2, -0.15) is 0 Å². The van der Waals surface area contributed by atoms with E-state index in [9.17, 15) is 5.11 Å². The number of fused-ring (bicyclic) bond motifs is 1. The van der Waals surface area contributed by atoms with Crippen LogP contribution in [0.15, 0.2) is 53.5 Å². The molecule has 4 heteroatoms. The summed E-state index contributed by atoms with van der Waals surface area (Å²) in [5.41, 5.74) is 9.41. The summed E-state index contributed by atoms with van der Waals surface area (Å²) in [5.74, 6) is 0.330. The van der Waals surface area contributed by atoms with E-state index in [0.29, 0.717) is 12.4 Å². The number of hydrogen-bond acceptors (Lipinski definition) is 2. The summed E-state index contributed by atoms with van der Waals surface area (Å²) >= 11 is 0. The summed E-state index contributed by atoms with van der Waals surface area (Å²) in [6, 6.07) is 16.1. The maximum absolute atomic E-state index is 10.9. The van der Waals surface area contributed by atoms with Gasteiger partial charge in [0.15, 0.2) is 5.96 Å². The Morgan fingerprint density at radius 3 is 2.91 bits per heavy atom. The molecule has 2 aromatic carbocycles. The van der Waals surface area contributed by atoms with E-state index in [1.54, 1.807) is 0 Å². The van der Waals surface area contributed by atoms with E-state index in [0.717, 1.165) is 24.1 Å². The number of benzene rings is 2. The molecule has 0 amide bonds. The first-order chi connectivity index (χ1) is 11.1. The van der Waals surface area contributed by atoms with Crippen LogP contribution >= 0.6 is 0 Å². The molecule has 1 atom stereocenters. The van der Waals surface area contributed by atoms with E-state index >= 15 is 0 Å². The van der Waals surface area contributed by atoms with Crippen molar-refractivity contribution in [2.24, 2.45) is 10.7 Å². The van der Waals surface area contributed by atoms with Gasteiger partial charge in [0.25, 0.3) is 0 Å². The molecule has 2 aromatic rings. The number of rotatable bonds is 4. The van der Waals surface area contributed by atoms with E-state index in [4.69, 9.17) is 5.73 Å². The lowest BCUT2D eigenvalue weighted by Crippen LogP contribution is -2.30. The maximum atomic E-state index is 10.9. The molecule has 3 rings (SSSR count). The molecule has 0 aromatic heterocycles. The number of hydrogen-bond donors (Lipinski definition) is 3. The van der Waals surface area contributed by atoms with Crippen molar-refractivity contribution in [3.8, 4) is 0 Å². The first-order valence-electron chi connectivity index (χ1n) is 8.07. The lowest BCUT2D eigenvalue weighted by molar-refractivity contribution is 0.0487. The zero-order valence-electron chi connectivity index (χ0n) is 13.4. The standard InChI is InChI=1S/C19H23N3O/c1-2-14-6-5-8-16(12-14)22-18(20)21-13-19(23)11-10-15-7-3-4-9-17(15)19/h3-9,12,23H,2,10-11,13H2,1H3,(H3,20,21,22). The zero-order chi connectivity index (χ0) is 16.3. The molecule has 23 heavy (non-hydrogen) atoms. The highest BCUT2D eigenvalue weighted by atomic mass is 16.3. The number of aryl methyl sites for hydroxylation is 2. The minimum absolute atomic E-state index is 0.274. The van der Waals surface area contributed by atoms with Gasteiger partial charge >= 0.3 is 0 Å². The molecule has 1 aliphatic carbocycles. The number of anilines is 1. The predicted octanol–water partition coefficient (Wildman–Crippen LogP) is 2.81. The summed E-state index contributed by atoms with van der Waals surface area (Å²) < 4.78 is 0. The Labute approximate surface area is 137 Å². The van der Waals surface area contributed by atoms with E-state index in [-0.39, 0.29) is 6.54 Å². The fraction of sp³-hybridized carbons (Fsp3) is 0.316. The highest BCUT2D eigenvalue weighted by molar-refractivity contribution is 5.92. The first kappa shape index (κ1) is 15.6. The van der Waals surface area contributed by atoms with E-state index < -0.39 is 5.60 Å². The van der Waals surface area contributed by atoms with Gasteiger partial charge in [0.2, 0.25) is 0 Å². The smallest absolute Gasteiger partial charge is 0.193 e. The average molecular weight is 309 g/mol. The fourth-order valence-electron chi connectivity index (χ4n) is 3.11. The lowest BCUT2D eigenvalue weighted by Gasteiger charge is -2.22. The molecule has 0 spiro atoms. The summed E-state index contributed by atoms with van der Waals surface area (Å²) in [7, 11) is 0. The number of aliphatic imine (C=N–C) groups is 1. The van der Waals surface area contributed by atoms with E-state index in [2.05, 4.69) is 35.4 Å². The van der Waals surface area contributed by atoms with Gasteiger partial charge in [0, 0.05) is 5.69 Å². The molecule has 4 nitrogen and oxygen atoms in total. The summed E-state index contributed by atoms with van der Waals surface area (Å²) in [4.78, 5) is 4.36. The highest BCUT2D eigenvalue weighted by Crippen LogP contribution is 2.36. The highest BCUT2D eigenvalue weighted by Gasteiger charge is 2.36. The number of nitrogens with zero attached hydrogens (tertiary/aromatic N) is 1. The third-order valence-corrected chi connectivity index (χ3v) is 4.45. The molecule has 0 saturated carbocycles. The fourth-order valence-corrected chi connectivity index (χ4v) is 3.11. The molecule has 4 N–H and O–H groups in total. The summed E-state index contributed by atoms with van der Waals surface area (Å²) in [6.07, 6.45) is 2.55. The Kier molecular flexibility index (Phi) is 4.35. The Bertz CT molecular complexity index is 726. The van der Waals surface area contributed by atoms with Gasteiger partial charge in [-0.15, -0.1) is 0 Å². The summed E-state index contributed by atoms with van der Waals surface area (Å²) in [5, 5.41) is 13.9. The molecular formula is C19H23N3O. The molecular weight excluding hydrogens is 286 g/mol. The van der Waals surface area contributed by atoms with Crippen LogP contribution in [0.25, 0.3) is 0 Å². The number of nitrogens with two attached hydrogens (primary N) is 1. The van der Waals surface area contributed by atoms with Crippen molar-refractivity contribution < 1.29 is 5.11 Å². The normalized spacial score (nSPS) is 20.3. The van der Waals surface area contributed by atoms with Crippen molar-refractivity contribution in [2.45, 2.75) is 31.8 Å². The third kappa shape index (κ3) is 3.37. The van der Waals surface area contributed by atoms with E-state index in [1.165, 1.54) is 11.1 Å². The first-order valence-corrected chi connectivity index (χ1v) is 8.07. The second kappa shape index (κ2) is 6.42. The monoisotopic (exact) mass is 309 g/mol. The molecule has 1 unspecified atom stereocenters. The summed E-state index contributed by atoms with van der Waals surface area (Å²) in [6.45, 7) is 2.39. The van der Waals surface area contributed by atoms with Gasteiger partial charge in [-0.1, -0.05) is 43.3 Å². The van der Waals surface area contributed by atoms with Crippen molar-refractivity contribution in [3.05, 3.63) is 65.2 Å². The van der Waals surface area contributed by atoms with Gasteiger partial charge < -0.3 is 16.2 Å². The minimum Gasteiger partial charge on any atom is -0.383 e. The van der Waals surface area contributed by atoms with Crippen LogP contribution in [-0.4, -0.2) is 17.6 Å². The maximum Gasteiger partial charge on any atom is 0.193 e. The Hall–Kier alpha value is -2.33. The van der Waals surface area contributed by atoms with Crippen LogP contribution in [0.3, 0.4) is 0 Å². The van der Waals surface area contributed by atoms with Crippen molar-refractivity contribution >= 4 is 11.6 Å². The lowest BCUT2D eigenvalue weighted by atomic mass is 9.96. The minimum atomic E-state index is -0.909. The number of guanidine groups is 1. The quantitative estimate of drug-likeness (QED) is 0.601. The van der Waals surface area contributed by atoms with Crippen LogP contribution in [0.1, 0.15) is 30.0 Å². The predicted molar refractivity (Wildman–Crippen MR) is 94.6 cm³/mol. The molecule has 0 bridgehead atoms. The van der Waals surface area contributed by atoms with Gasteiger partial charge in [-0.3, -0.25) is 0 Å². The molecule has 1 aliphatic rings. The second-order valence-electron chi connectivity index (χ2n) is 6.07. The molecule has 0 heterocycles. The van der Waals surface area contributed by atoms with Crippen LogP contribution in [0.2, 0.25) is 0 Å². The molecule has 0 saturated heterocycles. The van der Waals surface area contributed by atoms with Crippen LogP contribution < -0.4 is 11.1 Å². The largest absolute Gasteiger partial charge is 0.383 e. The molecule has 0 aliphatic heterocycles. The van der Waals surface area contributed by atoms with E-state index in [1.807, 2.05) is 30.3 Å². The van der Waals surface area contributed by atoms with Crippen LogP contribution in [-0.2, 0) is 18.4 Å². The van der Waals surface area contributed by atoms with Crippen molar-refractivity contribution in [3.63, 3.8) is 0 Å². The van der Waals surface area contributed by atoms with Crippen molar-refractivity contribution in [1.29, 1.82) is 0 Å². The van der Waals surface area contributed by atoms with Gasteiger partial charge in [-0.05, 0) is 48.1 Å². The van der Waals surface area contributed by atoms with Crippen molar-refractivity contribution in [1.82, 2.24) is 0 Å². The number of aliphatic hydroxyl groups is 1.